The molecule has 0 fully saturated rings. The average Bonchev–Trinajstić information content (AvgIpc) is 3.38. The van der Waals surface area contributed by atoms with Crippen molar-refractivity contribution >= 4 is 17.7 Å². The molecular weight excluding hydrogens is 383 g/mol. The summed E-state index contributed by atoms with van der Waals surface area (Å²) in [6.07, 6.45) is 7.96. The van der Waals surface area contributed by atoms with Gasteiger partial charge >= 0.3 is 0 Å². The van der Waals surface area contributed by atoms with Gasteiger partial charge in [0.15, 0.2) is 0 Å². The third kappa shape index (κ3) is 4.49. The normalized spacial score (nSPS) is 11.1. The molecule has 2 aromatic carbocycles. The standard InChI is InChI=1S/C22H19FN6O/c1-28-22(17-4-7-19(23)8-5-17)18(12-25-28)6-11-21(30)27-20-9-2-16(3-10-20)13-29-15-24-14-26-29/h2-12,14-15H,13H2,1H3,(H,27,30). The highest BCUT2D eigenvalue weighted by Crippen LogP contribution is 2.24. The van der Waals surface area contributed by atoms with Crippen LogP contribution in [-0.4, -0.2) is 30.5 Å². The maximum absolute atomic E-state index is 13.2. The van der Waals surface area contributed by atoms with Crippen LogP contribution in [0.5, 0.6) is 0 Å². The van der Waals surface area contributed by atoms with Gasteiger partial charge < -0.3 is 5.32 Å². The molecule has 0 unspecified atom stereocenters. The largest absolute Gasteiger partial charge is 0.323 e. The molecule has 0 aliphatic heterocycles. The Morgan fingerprint density at radius 3 is 2.57 bits per heavy atom. The lowest BCUT2D eigenvalue weighted by Gasteiger charge is -2.05. The van der Waals surface area contributed by atoms with Crippen LogP contribution in [0.3, 0.4) is 0 Å². The van der Waals surface area contributed by atoms with E-state index in [0.29, 0.717) is 12.2 Å². The van der Waals surface area contributed by atoms with E-state index in [4.69, 9.17) is 0 Å². The molecule has 7 nitrogen and oxygen atoms in total. The van der Waals surface area contributed by atoms with Gasteiger partial charge in [0.05, 0.1) is 18.4 Å². The third-order valence-corrected chi connectivity index (χ3v) is 4.53. The molecule has 0 radical (unpaired) electrons. The number of hydrogen-bond donors (Lipinski definition) is 1. The second kappa shape index (κ2) is 8.52. The van der Waals surface area contributed by atoms with E-state index in [9.17, 15) is 9.18 Å². The third-order valence-electron chi connectivity index (χ3n) is 4.53. The number of hydrogen-bond acceptors (Lipinski definition) is 4. The number of nitrogens with zero attached hydrogens (tertiary/aromatic N) is 5. The van der Waals surface area contributed by atoms with Crippen molar-refractivity contribution in [1.82, 2.24) is 24.5 Å². The van der Waals surface area contributed by atoms with E-state index < -0.39 is 0 Å². The number of nitrogens with one attached hydrogen (secondary N) is 1. The molecule has 1 amide bonds. The number of aryl methyl sites for hydroxylation is 1. The zero-order chi connectivity index (χ0) is 20.9. The summed E-state index contributed by atoms with van der Waals surface area (Å²) in [4.78, 5) is 16.2. The fourth-order valence-corrected chi connectivity index (χ4v) is 3.08. The molecule has 8 heteroatoms. The minimum atomic E-state index is -0.301. The lowest BCUT2D eigenvalue weighted by atomic mass is 10.1. The summed E-state index contributed by atoms with van der Waals surface area (Å²) in [5, 5.41) is 11.2. The first-order valence-corrected chi connectivity index (χ1v) is 9.27. The number of halogens is 1. The van der Waals surface area contributed by atoms with E-state index in [2.05, 4.69) is 20.5 Å². The topological polar surface area (TPSA) is 77.6 Å². The maximum Gasteiger partial charge on any atom is 0.248 e. The van der Waals surface area contributed by atoms with Crippen LogP contribution in [0, 0.1) is 5.82 Å². The lowest BCUT2D eigenvalue weighted by Crippen LogP contribution is -2.08. The molecule has 4 aromatic rings. The van der Waals surface area contributed by atoms with E-state index in [1.807, 2.05) is 24.3 Å². The van der Waals surface area contributed by atoms with Crippen LogP contribution in [-0.2, 0) is 18.4 Å². The number of carbonyl (C=O) groups excluding carboxylic acids is 1. The van der Waals surface area contributed by atoms with Gasteiger partial charge in [-0.3, -0.25) is 9.48 Å². The Hall–Kier alpha value is -4.07. The zero-order valence-electron chi connectivity index (χ0n) is 16.2. The second-order valence-corrected chi connectivity index (χ2v) is 6.69. The van der Waals surface area contributed by atoms with Crippen molar-refractivity contribution in [2.45, 2.75) is 6.54 Å². The first-order valence-electron chi connectivity index (χ1n) is 9.27. The number of rotatable bonds is 6. The van der Waals surface area contributed by atoms with Crippen LogP contribution in [0.15, 0.2) is 73.5 Å². The molecular formula is C22H19FN6O. The quantitative estimate of drug-likeness (QED) is 0.501. The lowest BCUT2D eigenvalue weighted by molar-refractivity contribution is -0.111. The molecule has 0 saturated carbocycles. The van der Waals surface area contributed by atoms with E-state index in [1.54, 1.807) is 47.1 Å². The molecule has 0 saturated heterocycles. The Labute approximate surface area is 172 Å². The fraction of sp³-hybridized carbons (Fsp3) is 0.0909. The van der Waals surface area contributed by atoms with Crippen LogP contribution in [0.1, 0.15) is 11.1 Å². The fourth-order valence-electron chi connectivity index (χ4n) is 3.08. The van der Waals surface area contributed by atoms with Crippen LogP contribution in [0.4, 0.5) is 10.1 Å². The van der Waals surface area contributed by atoms with Gasteiger partial charge in [0.2, 0.25) is 5.91 Å². The Kier molecular flexibility index (Phi) is 5.47. The number of benzene rings is 2. The predicted molar refractivity (Wildman–Crippen MR) is 112 cm³/mol. The van der Waals surface area contributed by atoms with Crippen LogP contribution in [0.2, 0.25) is 0 Å². The number of amides is 1. The summed E-state index contributed by atoms with van der Waals surface area (Å²) in [6, 6.07) is 13.7. The molecule has 150 valence electrons. The molecule has 4 rings (SSSR count). The number of carbonyl (C=O) groups is 1. The van der Waals surface area contributed by atoms with Gasteiger partial charge in [0.1, 0.15) is 18.5 Å². The Morgan fingerprint density at radius 1 is 1.10 bits per heavy atom. The molecule has 2 aromatic heterocycles. The van der Waals surface area contributed by atoms with Crippen LogP contribution >= 0.6 is 0 Å². The molecule has 30 heavy (non-hydrogen) atoms. The van der Waals surface area contributed by atoms with Gasteiger partial charge in [-0.1, -0.05) is 12.1 Å². The molecule has 0 atom stereocenters. The van der Waals surface area contributed by atoms with Gasteiger partial charge in [-0.15, -0.1) is 0 Å². The van der Waals surface area contributed by atoms with E-state index in [-0.39, 0.29) is 11.7 Å². The molecule has 0 aliphatic carbocycles. The zero-order valence-corrected chi connectivity index (χ0v) is 16.2. The Balaban J connectivity index is 1.42. The highest BCUT2D eigenvalue weighted by atomic mass is 19.1. The van der Waals surface area contributed by atoms with Crippen LogP contribution in [0.25, 0.3) is 17.3 Å². The smallest absolute Gasteiger partial charge is 0.248 e. The summed E-state index contributed by atoms with van der Waals surface area (Å²) >= 11 is 0. The number of anilines is 1. The highest BCUT2D eigenvalue weighted by molar-refractivity contribution is 6.02. The van der Waals surface area contributed by atoms with Crippen molar-refractivity contribution in [3.63, 3.8) is 0 Å². The highest BCUT2D eigenvalue weighted by Gasteiger charge is 2.09. The second-order valence-electron chi connectivity index (χ2n) is 6.69. The monoisotopic (exact) mass is 402 g/mol. The summed E-state index contributed by atoms with van der Waals surface area (Å²) in [5.41, 5.74) is 4.13. The molecule has 2 heterocycles. The first kappa shape index (κ1) is 19.3. The van der Waals surface area contributed by atoms with E-state index in [1.165, 1.54) is 24.5 Å². The molecule has 0 bridgehead atoms. The first-order chi connectivity index (χ1) is 14.6. The molecule has 0 aliphatic rings. The summed E-state index contributed by atoms with van der Waals surface area (Å²) < 4.78 is 16.6. The van der Waals surface area contributed by atoms with Crippen molar-refractivity contribution in [3.05, 3.63) is 90.4 Å². The predicted octanol–water partition coefficient (Wildman–Crippen LogP) is 3.52. The average molecular weight is 402 g/mol. The van der Waals surface area contributed by atoms with Crippen molar-refractivity contribution in [3.8, 4) is 11.3 Å². The van der Waals surface area contributed by atoms with Crippen LogP contribution < -0.4 is 5.32 Å². The molecule has 0 spiro atoms. The number of aromatic nitrogens is 5. The van der Waals surface area contributed by atoms with Crippen molar-refractivity contribution in [2.24, 2.45) is 7.05 Å². The van der Waals surface area contributed by atoms with E-state index in [0.717, 1.165) is 22.4 Å². The summed E-state index contributed by atoms with van der Waals surface area (Å²) in [5.74, 6) is -0.558. The minimum Gasteiger partial charge on any atom is -0.323 e. The van der Waals surface area contributed by atoms with Crippen molar-refractivity contribution < 1.29 is 9.18 Å². The van der Waals surface area contributed by atoms with Gasteiger partial charge in [-0.2, -0.15) is 10.2 Å². The van der Waals surface area contributed by atoms with E-state index >= 15 is 0 Å². The van der Waals surface area contributed by atoms with Gasteiger partial charge in [0.25, 0.3) is 0 Å². The van der Waals surface area contributed by atoms with Gasteiger partial charge in [0, 0.05) is 29.9 Å². The Morgan fingerprint density at radius 2 is 1.87 bits per heavy atom. The van der Waals surface area contributed by atoms with Gasteiger partial charge in [-0.25, -0.2) is 14.1 Å². The minimum absolute atomic E-state index is 0.257. The van der Waals surface area contributed by atoms with Crippen molar-refractivity contribution in [1.29, 1.82) is 0 Å². The van der Waals surface area contributed by atoms with Gasteiger partial charge in [-0.05, 0) is 48.0 Å². The SMILES string of the molecule is Cn1ncc(C=CC(=O)Nc2ccc(Cn3cncn3)cc2)c1-c1ccc(F)cc1. The molecule has 1 N–H and O–H groups in total. The Bertz CT molecular complexity index is 1160. The summed E-state index contributed by atoms with van der Waals surface area (Å²) in [6.45, 7) is 0.612. The van der Waals surface area contributed by atoms with Crippen molar-refractivity contribution in [2.75, 3.05) is 5.32 Å². The summed E-state index contributed by atoms with van der Waals surface area (Å²) in [7, 11) is 1.80. The maximum atomic E-state index is 13.2.